The Morgan fingerprint density at radius 1 is 0.947 bits per heavy atom. The van der Waals surface area contributed by atoms with Crippen molar-refractivity contribution >= 4 is 5.69 Å². The van der Waals surface area contributed by atoms with Crippen LogP contribution in [0.5, 0.6) is 5.75 Å². The van der Waals surface area contributed by atoms with Crippen LogP contribution in [0.3, 0.4) is 0 Å². The fourth-order valence-corrected chi connectivity index (χ4v) is 2.19. The van der Waals surface area contributed by atoms with Crippen molar-refractivity contribution in [3.05, 3.63) is 24.3 Å². The minimum absolute atomic E-state index is 0.753. The van der Waals surface area contributed by atoms with E-state index < -0.39 is 0 Å². The van der Waals surface area contributed by atoms with Crippen molar-refractivity contribution < 1.29 is 4.74 Å². The topological polar surface area (TPSA) is 15.7 Å². The maximum absolute atomic E-state index is 5.85. The Hall–Kier alpha value is -1.22. The van der Waals surface area contributed by atoms with Crippen LogP contribution in [0.25, 0.3) is 0 Å². The number of hydrogen-bond donors (Lipinski definition) is 0. The Balaban J connectivity index is 2.52. The fourth-order valence-electron chi connectivity index (χ4n) is 2.19. The second-order valence-electron chi connectivity index (χ2n) is 4.54. The zero-order valence-corrected chi connectivity index (χ0v) is 12.9. The third kappa shape index (κ3) is 5.11. The molecule has 0 radical (unpaired) electrons. The molecule has 0 saturated carbocycles. The highest BCUT2D eigenvalue weighted by Gasteiger charge is 2.04. The number of ether oxygens (including phenoxy) is 1. The molecular weight excluding hydrogens is 236 g/mol. The van der Waals surface area contributed by atoms with Crippen LogP contribution in [0, 0.1) is 0 Å². The lowest BCUT2D eigenvalue weighted by Crippen LogP contribution is -2.28. The Bertz CT molecular complexity index is 346. The maximum Gasteiger partial charge on any atom is 0.121 e. The summed E-state index contributed by atoms with van der Waals surface area (Å²) in [6, 6.07) is 8.38. The quantitative estimate of drug-likeness (QED) is 0.681. The van der Waals surface area contributed by atoms with Gasteiger partial charge in [0.05, 0.1) is 0 Å². The van der Waals surface area contributed by atoms with E-state index >= 15 is 0 Å². The molecule has 1 rings (SSSR count). The maximum atomic E-state index is 5.85. The van der Waals surface area contributed by atoms with E-state index in [4.69, 9.17) is 4.74 Å². The van der Waals surface area contributed by atoms with Crippen molar-refractivity contribution in [2.24, 2.45) is 0 Å². The van der Waals surface area contributed by atoms with E-state index in [0.29, 0.717) is 0 Å². The number of benzene rings is 1. The molecule has 0 heterocycles. The van der Waals surface area contributed by atoms with Gasteiger partial charge in [-0.2, -0.15) is 0 Å². The molecule has 0 aliphatic heterocycles. The summed E-state index contributed by atoms with van der Waals surface area (Å²) >= 11 is 0. The third-order valence-corrected chi connectivity index (χ3v) is 3.52. The zero-order valence-electron chi connectivity index (χ0n) is 12.9. The molecule has 0 fully saturated rings. The first-order valence-corrected chi connectivity index (χ1v) is 7.45. The minimum Gasteiger partial charge on any atom is -0.492 e. The number of anilines is 1. The van der Waals surface area contributed by atoms with Crippen LogP contribution in [0.4, 0.5) is 5.69 Å². The van der Waals surface area contributed by atoms with Gasteiger partial charge in [0.2, 0.25) is 0 Å². The molecule has 1 aromatic carbocycles. The molecule has 0 bridgehead atoms. The van der Waals surface area contributed by atoms with E-state index in [9.17, 15) is 0 Å². The Kier molecular flexibility index (Phi) is 7.34. The lowest BCUT2D eigenvalue weighted by Gasteiger charge is -2.22. The summed E-state index contributed by atoms with van der Waals surface area (Å²) < 4.78 is 5.85. The molecule has 108 valence electrons. The van der Waals surface area contributed by atoms with Crippen molar-refractivity contribution in [2.45, 2.75) is 27.7 Å². The molecule has 1 aromatic rings. The summed E-state index contributed by atoms with van der Waals surface area (Å²) in [5.74, 6) is 0.969. The molecule has 0 N–H and O–H groups in total. The van der Waals surface area contributed by atoms with Crippen LogP contribution in [0.15, 0.2) is 24.3 Å². The van der Waals surface area contributed by atoms with E-state index in [-0.39, 0.29) is 0 Å². The number of nitrogens with zero attached hydrogens (tertiary/aromatic N) is 2. The lowest BCUT2D eigenvalue weighted by atomic mass is 10.2. The van der Waals surface area contributed by atoms with Crippen LogP contribution >= 0.6 is 0 Å². The summed E-state index contributed by atoms with van der Waals surface area (Å²) in [7, 11) is 0. The summed E-state index contributed by atoms with van der Waals surface area (Å²) in [4.78, 5) is 4.70. The average molecular weight is 264 g/mol. The van der Waals surface area contributed by atoms with Gasteiger partial charge in [0.1, 0.15) is 12.4 Å². The molecule has 0 unspecified atom stereocenters. The van der Waals surface area contributed by atoms with Crippen molar-refractivity contribution in [1.29, 1.82) is 0 Å². The molecule has 0 saturated heterocycles. The highest BCUT2D eigenvalue weighted by molar-refractivity contribution is 5.50. The zero-order chi connectivity index (χ0) is 14.1. The van der Waals surface area contributed by atoms with E-state index in [0.717, 1.165) is 45.1 Å². The van der Waals surface area contributed by atoms with Gasteiger partial charge in [-0.25, -0.2) is 0 Å². The Morgan fingerprint density at radius 3 is 2.21 bits per heavy atom. The molecule has 0 atom stereocenters. The molecule has 0 aromatic heterocycles. The fraction of sp³-hybridized carbons (Fsp3) is 0.625. The van der Waals surface area contributed by atoms with Crippen LogP contribution in [0.1, 0.15) is 27.7 Å². The van der Waals surface area contributed by atoms with Gasteiger partial charge < -0.3 is 14.5 Å². The molecule has 0 aliphatic rings. The molecule has 0 amide bonds. The van der Waals surface area contributed by atoms with Crippen molar-refractivity contribution in [1.82, 2.24) is 4.90 Å². The predicted molar refractivity (Wildman–Crippen MR) is 83.3 cm³/mol. The Morgan fingerprint density at radius 2 is 1.63 bits per heavy atom. The highest BCUT2D eigenvalue weighted by atomic mass is 16.5. The van der Waals surface area contributed by atoms with Gasteiger partial charge in [0.15, 0.2) is 0 Å². The van der Waals surface area contributed by atoms with Gasteiger partial charge >= 0.3 is 0 Å². The molecule has 3 nitrogen and oxygen atoms in total. The standard InChI is InChI=1S/C16H28N2O/c1-5-17(6-2)12-13-19-16-11-9-10-15(14-16)18(7-3)8-4/h9-11,14H,5-8,12-13H2,1-4H3. The predicted octanol–water partition coefficient (Wildman–Crippen LogP) is 3.25. The van der Waals surface area contributed by atoms with Crippen LogP contribution in [0.2, 0.25) is 0 Å². The Labute approximate surface area is 118 Å². The minimum atomic E-state index is 0.753. The summed E-state index contributed by atoms with van der Waals surface area (Å²) in [6.45, 7) is 14.7. The first kappa shape index (κ1) is 15.8. The normalized spacial score (nSPS) is 10.8. The molecule has 3 heteroatoms. The summed E-state index contributed by atoms with van der Waals surface area (Å²) in [5, 5.41) is 0. The smallest absolute Gasteiger partial charge is 0.121 e. The second kappa shape index (κ2) is 8.81. The van der Waals surface area contributed by atoms with Crippen molar-refractivity contribution in [2.75, 3.05) is 44.2 Å². The monoisotopic (exact) mass is 264 g/mol. The van der Waals surface area contributed by atoms with Gasteiger partial charge in [-0.05, 0) is 39.1 Å². The largest absolute Gasteiger partial charge is 0.492 e. The summed E-state index contributed by atoms with van der Waals surface area (Å²) in [5.41, 5.74) is 1.24. The van der Waals surface area contributed by atoms with Gasteiger partial charge in [0.25, 0.3) is 0 Å². The van der Waals surface area contributed by atoms with Crippen molar-refractivity contribution in [3.8, 4) is 5.75 Å². The number of hydrogen-bond acceptors (Lipinski definition) is 3. The SMILES string of the molecule is CCN(CC)CCOc1cccc(N(CC)CC)c1. The van der Waals surface area contributed by atoms with E-state index in [1.165, 1.54) is 5.69 Å². The molecule has 19 heavy (non-hydrogen) atoms. The van der Waals surface area contributed by atoms with Gasteiger partial charge in [0, 0.05) is 31.4 Å². The molecular formula is C16H28N2O. The van der Waals surface area contributed by atoms with Crippen LogP contribution < -0.4 is 9.64 Å². The first-order valence-electron chi connectivity index (χ1n) is 7.45. The van der Waals surface area contributed by atoms with Gasteiger partial charge in [-0.3, -0.25) is 0 Å². The van der Waals surface area contributed by atoms with E-state index in [1.54, 1.807) is 0 Å². The highest BCUT2D eigenvalue weighted by Crippen LogP contribution is 2.20. The lowest BCUT2D eigenvalue weighted by molar-refractivity contribution is 0.223. The summed E-state index contributed by atoms with van der Waals surface area (Å²) in [6.07, 6.45) is 0. The van der Waals surface area contributed by atoms with Crippen LogP contribution in [-0.2, 0) is 0 Å². The van der Waals surface area contributed by atoms with Gasteiger partial charge in [-0.15, -0.1) is 0 Å². The first-order chi connectivity index (χ1) is 9.24. The third-order valence-electron chi connectivity index (χ3n) is 3.52. The second-order valence-corrected chi connectivity index (χ2v) is 4.54. The van der Waals surface area contributed by atoms with Gasteiger partial charge in [-0.1, -0.05) is 19.9 Å². The van der Waals surface area contributed by atoms with E-state index in [1.807, 2.05) is 6.07 Å². The molecule has 0 spiro atoms. The molecule has 0 aliphatic carbocycles. The number of rotatable bonds is 9. The van der Waals surface area contributed by atoms with Crippen molar-refractivity contribution in [3.63, 3.8) is 0 Å². The van der Waals surface area contributed by atoms with E-state index in [2.05, 4.69) is 55.7 Å². The average Bonchev–Trinajstić information content (AvgIpc) is 2.45. The van der Waals surface area contributed by atoms with Crippen LogP contribution in [-0.4, -0.2) is 44.2 Å². The number of likely N-dealkylation sites (N-methyl/N-ethyl adjacent to an activating group) is 1.